The summed E-state index contributed by atoms with van der Waals surface area (Å²) < 4.78 is 13.7. The number of hydrogen-bond donors (Lipinski definition) is 1. The van der Waals surface area contributed by atoms with Gasteiger partial charge >= 0.3 is 0 Å². The van der Waals surface area contributed by atoms with Gasteiger partial charge in [-0.15, -0.1) is 0 Å². The second-order valence-electron chi connectivity index (χ2n) is 6.32. The maximum Gasteiger partial charge on any atom is 0.165 e. The van der Waals surface area contributed by atoms with Crippen molar-refractivity contribution in [2.45, 2.75) is 13.8 Å². The minimum Gasteiger partial charge on any atom is -0.507 e. The lowest BCUT2D eigenvalue weighted by atomic mass is 10.1. The van der Waals surface area contributed by atoms with Gasteiger partial charge in [-0.25, -0.2) is 14.4 Å². The molecule has 0 radical (unpaired) electrons. The SMILES string of the molecule is CC(C)CN(C)c1nc(-c2ccccc2O)nc2ccc(F)cc12. The summed E-state index contributed by atoms with van der Waals surface area (Å²) in [6, 6.07) is 11.4. The number of aromatic hydroxyl groups is 1. The highest BCUT2D eigenvalue weighted by Gasteiger charge is 2.16. The Kier molecular flexibility index (Phi) is 4.34. The number of phenolic OH excluding ortho intramolecular Hbond substituents is 1. The first kappa shape index (κ1) is 16.2. The molecule has 3 aromatic rings. The lowest BCUT2D eigenvalue weighted by Crippen LogP contribution is -2.24. The number of para-hydroxylation sites is 1. The van der Waals surface area contributed by atoms with Crippen LogP contribution in [0, 0.1) is 11.7 Å². The predicted molar refractivity (Wildman–Crippen MR) is 94.7 cm³/mol. The Bertz CT molecular complexity index is 880. The largest absolute Gasteiger partial charge is 0.507 e. The Hall–Kier alpha value is -2.69. The van der Waals surface area contributed by atoms with Crippen molar-refractivity contribution < 1.29 is 9.50 Å². The summed E-state index contributed by atoms with van der Waals surface area (Å²) in [5.74, 6) is 1.32. The van der Waals surface area contributed by atoms with Crippen molar-refractivity contribution in [3.8, 4) is 17.1 Å². The van der Waals surface area contributed by atoms with Crippen molar-refractivity contribution in [3.05, 3.63) is 48.3 Å². The Labute approximate surface area is 140 Å². The molecule has 0 aliphatic rings. The summed E-state index contributed by atoms with van der Waals surface area (Å²) in [7, 11) is 1.93. The van der Waals surface area contributed by atoms with Crippen molar-refractivity contribution in [1.29, 1.82) is 0 Å². The van der Waals surface area contributed by atoms with Crippen LogP contribution in [0.25, 0.3) is 22.3 Å². The highest BCUT2D eigenvalue weighted by Crippen LogP contribution is 2.31. The van der Waals surface area contributed by atoms with Crippen LogP contribution < -0.4 is 4.90 Å². The molecule has 4 nitrogen and oxygen atoms in total. The van der Waals surface area contributed by atoms with E-state index >= 15 is 0 Å². The number of benzene rings is 2. The molecule has 0 aliphatic heterocycles. The number of nitrogens with zero attached hydrogens (tertiary/aromatic N) is 3. The number of hydrogen-bond acceptors (Lipinski definition) is 4. The highest BCUT2D eigenvalue weighted by atomic mass is 19.1. The van der Waals surface area contributed by atoms with E-state index in [1.807, 2.05) is 18.0 Å². The quantitative estimate of drug-likeness (QED) is 0.780. The highest BCUT2D eigenvalue weighted by molar-refractivity contribution is 5.91. The molecule has 5 heteroatoms. The smallest absolute Gasteiger partial charge is 0.165 e. The summed E-state index contributed by atoms with van der Waals surface area (Å²) in [5.41, 5.74) is 1.21. The van der Waals surface area contributed by atoms with Crippen LogP contribution in [0.3, 0.4) is 0 Å². The van der Waals surface area contributed by atoms with Crippen LogP contribution in [0.2, 0.25) is 0 Å². The molecule has 124 valence electrons. The molecule has 1 aromatic heterocycles. The molecule has 1 N–H and O–H groups in total. The molecular weight excluding hydrogens is 305 g/mol. The van der Waals surface area contributed by atoms with E-state index in [9.17, 15) is 9.50 Å². The summed E-state index contributed by atoms with van der Waals surface area (Å²) in [4.78, 5) is 11.1. The first-order valence-corrected chi connectivity index (χ1v) is 7.92. The molecule has 1 heterocycles. The third-order valence-corrected chi connectivity index (χ3v) is 3.78. The molecule has 0 amide bonds. The molecule has 0 saturated carbocycles. The Morgan fingerprint density at radius 1 is 1.12 bits per heavy atom. The maximum absolute atomic E-state index is 13.7. The van der Waals surface area contributed by atoms with Gasteiger partial charge in [0.1, 0.15) is 17.4 Å². The summed E-state index contributed by atoms with van der Waals surface area (Å²) in [6.45, 7) is 5.01. The van der Waals surface area contributed by atoms with Gasteiger partial charge in [0.15, 0.2) is 5.82 Å². The third-order valence-electron chi connectivity index (χ3n) is 3.78. The first-order valence-electron chi connectivity index (χ1n) is 7.92. The van der Waals surface area contributed by atoms with Crippen molar-refractivity contribution in [3.63, 3.8) is 0 Å². The van der Waals surface area contributed by atoms with Crippen LogP contribution in [-0.4, -0.2) is 28.7 Å². The molecule has 0 unspecified atom stereocenters. The summed E-state index contributed by atoms with van der Waals surface area (Å²) in [6.07, 6.45) is 0. The van der Waals surface area contributed by atoms with Gasteiger partial charge in [0.25, 0.3) is 0 Å². The molecule has 0 spiro atoms. The third kappa shape index (κ3) is 3.15. The minimum absolute atomic E-state index is 0.122. The van der Waals surface area contributed by atoms with E-state index in [1.165, 1.54) is 12.1 Å². The number of aromatic nitrogens is 2. The van der Waals surface area contributed by atoms with Crippen molar-refractivity contribution in [2.24, 2.45) is 5.92 Å². The number of anilines is 1. The Balaban J connectivity index is 2.23. The summed E-state index contributed by atoms with van der Waals surface area (Å²) >= 11 is 0. The Morgan fingerprint density at radius 2 is 1.88 bits per heavy atom. The number of halogens is 1. The fourth-order valence-electron chi connectivity index (χ4n) is 2.79. The zero-order chi connectivity index (χ0) is 17.3. The lowest BCUT2D eigenvalue weighted by molar-refractivity contribution is 0.477. The van der Waals surface area contributed by atoms with E-state index in [0.29, 0.717) is 34.0 Å². The van der Waals surface area contributed by atoms with E-state index in [2.05, 4.69) is 23.8 Å². The van der Waals surface area contributed by atoms with Gasteiger partial charge in [0, 0.05) is 19.0 Å². The monoisotopic (exact) mass is 325 g/mol. The Morgan fingerprint density at radius 3 is 2.58 bits per heavy atom. The van der Waals surface area contributed by atoms with Gasteiger partial charge < -0.3 is 10.0 Å². The van der Waals surface area contributed by atoms with Crippen LogP contribution in [0.1, 0.15) is 13.8 Å². The van der Waals surface area contributed by atoms with Gasteiger partial charge in [0.05, 0.1) is 11.1 Å². The topological polar surface area (TPSA) is 49.2 Å². The average Bonchev–Trinajstić information content (AvgIpc) is 2.53. The first-order chi connectivity index (χ1) is 11.5. The van der Waals surface area contributed by atoms with Crippen molar-refractivity contribution in [2.75, 3.05) is 18.5 Å². The fourth-order valence-corrected chi connectivity index (χ4v) is 2.79. The zero-order valence-corrected chi connectivity index (χ0v) is 14.0. The van der Waals surface area contributed by atoms with Crippen LogP contribution in [0.4, 0.5) is 10.2 Å². The van der Waals surface area contributed by atoms with E-state index < -0.39 is 0 Å². The van der Waals surface area contributed by atoms with Gasteiger partial charge in [-0.2, -0.15) is 0 Å². The second kappa shape index (κ2) is 6.43. The van der Waals surface area contributed by atoms with Crippen LogP contribution in [0.5, 0.6) is 5.75 Å². The maximum atomic E-state index is 13.7. The second-order valence-corrected chi connectivity index (χ2v) is 6.32. The van der Waals surface area contributed by atoms with Crippen LogP contribution >= 0.6 is 0 Å². The molecule has 0 atom stereocenters. The molecule has 2 aromatic carbocycles. The van der Waals surface area contributed by atoms with Gasteiger partial charge in [-0.05, 0) is 36.2 Å². The van der Waals surface area contributed by atoms with Gasteiger partial charge in [-0.1, -0.05) is 26.0 Å². The lowest BCUT2D eigenvalue weighted by Gasteiger charge is -2.22. The van der Waals surface area contributed by atoms with E-state index in [-0.39, 0.29) is 11.6 Å². The van der Waals surface area contributed by atoms with E-state index in [4.69, 9.17) is 0 Å². The van der Waals surface area contributed by atoms with Crippen LogP contribution in [-0.2, 0) is 0 Å². The van der Waals surface area contributed by atoms with E-state index in [1.54, 1.807) is 24.3 Å². The summed E-state index contributed by atoms with van der Waals surface area (Å²) in [5, 5.41) is 10.8. The molecule has 0 bridgehead atoms. The molecule has 0 fully saturated rings. The minimum atomic E-state index is -0.319. The molecular formula is C19H20FN3O. The predicted octanol–water partition coefficient (Wildman–Crippen LogP) is 4.23. The molecule has 3 rings (SSSR count). The van der Waals surface area contributed by atoms with Gasteiger partial charge in [-0.3, -0.25) is 0 Å². The number of rotatable bonds is 4. The van der Waals surface area contributed by atoms with Crippen molar-refractivity contribution >= 4 is 16.7 Å². The zero-order valence-electron chi connectivity index (χ0n) is 14.0. The molecule has 0 aliphatic carbocycles. The molecule has 24 heavy (non-hydrogen) atoms. The van der Waals surface area contributed by atoms with Gasteiger partial charge in [0.2, 0.25) is 0 Å². The average molecular weight is 325 g/mol. The molecule has 0 saturated heterocycles. The van der Waals surface area contributed by atoms with E-state index in [0.717, 1.165) is 6.54 Å². The number of fused-ring (bicyclic) bond motifs is 1. The van der Waals surface area contributed by atoms with Crippen LogP contribution in [0.15, 0.2) is 42.5 Å². The number of phenols is 1. The standard InChI is InChI=1S/C19H20FN3O/c1-12(2)11-23(3)19-15-10-13(20)8-9-16(15)21-18(22-19)14-6-4-5-7-17(14)24/h4-10,12,24H,11H2,1-3H3. The van der Waals surface area contributed by atoms with Crippen molar-refractivity contribution in [1.82, 2.24) is 9.97 Å². The fraction of sp³-hybridized carbons (Fsp3) is 0.263. The normalized spacial score (nSPS) is 11.2.